The number of ether oxygens (including phenoxy) is 2. The molecular formula is C44H79NO8P+. The van der Waals surface area contributed by atoms with Crippen molar-refractivity contribution >= 4 is 19.8 Å². The van der Waals surface area contributed by atoms with Crippen molar-refractivity contribution in [2.24, 2.45) is 0 Å². The number of nitrogens with zero attached hydrogens (tertiary/aromatic N) is 1. The summed E-state index contributed by atoms with van der Waals surface area (Å²) >= 11 is 0. The normalized spacial score (nSPS) is 14.3. The number of unbranched alkanes of at least 4 members (excludes halogenated alkanes) is 13. The lowest BCUT2D eigenvalue weighted by Gasteiger charge is -2.24. The molecule has 0 aromatic heterocycles. The third-order valence-corrected chi connectivity index (χ3v) is 9.50. The number of phosphoric acid groups is 1. The number of rotatable bonds is 37. The van der Waals surface area contributed by atoms with Gasteiger partial charge in [-0.1, -0.05) is 126 Å². The third kappa shape index (κ3) is 39.4. The maximum atomic E-state index is 12.6. The second-order valence-corrected chi connectivity index (χ2v) is 16.5. The summed E-state index contributed by atoms with van der Waals surface area (Å²) in [6.45, 7) is 4.28. The Balaban J connectivity index is 4.52. The van der Waals surface area contributed by atoms with Gasteiger partial charge in [0.2, 0.25) is 0 Å². The minimum atomic E-state index is -4.39. The molecule has 0 saturated heterocycles. The van der Waals surface area contributed by atoms with Crippen LogP contribution < -0.4 is 0 Å². The fourth-order valence-electron chi connectivity index (χ4n) is 5.18. The Labute approximate surface area is 330 Å². The molecule has 54 heavy (non-hydrogen) atoms. The Bertz CT molecular complexity index is 1110. The van der Waals surface area contributed by atoms with Gasteiger partial charge in [0.15, 0.2) is 6.10 Å². The predicted molar refractivity (Wildman–Crippen MR) is 224 cm³/mol. The van der Waals surface area contributed by atoms with Gasteiger partial charge in [-0.2, -0.15) is 0 Å². The van der Waals surface area contributed by atoms with Crippen LogP contribution in [0.2, 0.25) is 0 Å². The number of carbonyl (C=O) groups excluding carboxylic acids is 2. The Morgan fingerprint density at radius 2 is 1.02 bits per heavy atom. The molecular weight excluding hydrogens is 701 g/mol. The van der Waals surface area contributed by atoms with Crippen LogP contribution in [0.15, 0.2) is 60.8 Å². The molecule has 1 unspecified atom stereocenters. The number of allylic oxidation sites excluding steroid dienone is 10. The first kappa shape index (κ1) is 51.7. The standard InChI is InChI=1S/C44H78NO8P/c1-6-8-10-12-14-16-18-20-21-22-23-25-26-28-30-32-34-36-43(46)50-40-42(41-52-54(48,49)51-39-38-45(3,4)5)53-44(47)37-35-33-31-29-27-24-19-17-15-13-11-9-7-2/h14,16,20-21,23-25,27-28,30,42H,6-13,15,17-19,22,26,29,31-41H2,1-5H3/p+1/b16-14+,21-20+,25-23+,27-24+,30-28+/t42-/m1/s1. The first-order chi connectivity index (χ1) is 26.0. The Kier molecular flexibility index (Phi) is 34.8. The molecule has 0 aliphatic rings. The number of hydrogen-bond acceptors (Lipinski definition) is 7. The smallest absolute Gasteiger partial charge is 0.462 e. The maximum absolute atomic E-state index is 12.6. The summed E-state index contributed by atoms with van der Waals surface area (Å²) in [6, 6.07) is 0. The molecule has 10 heteroatoms. The molecule has 0 aliphatic carbocycles. The van der Waals surface area contributed by atoms with Crippen LogP contribution in [-0.2, 0) is 32.7 Å². The molecule has 0 aliphatic heterocycles. The largest absolute Gasteiger partial charge is 0.472 e. The summed E-state index contributed by atoms with van der Waals surface area (Å²) in [5.41, 5.74) is 0. The van der Waals surface area contributed by atoms with E-state index < -0.39 is 32.5 Å². The second kappa shape index (κ2) is 36.4. The van der Waals surface area contributed by atoms with Crippen molar-refractivity contribution in [3.05, 3.63) is 60.8 Å². The predicted octanol–water partition coefficient (Wildman–Crippen LogP) is 11.7. The molecule has 0 aromatic carbocycles. The van der Waals surface area contributed by atoms with Crippen LogP contribution in [0.3, 0.4) is 0 Å². The van der Waals surface area contributed by atoms with E-state index in [1.807, 2.05) is 21.1 Å². The van der Waals surface area contributed by atoms with Gasteiger partial charge in [0.1, 0.15) is 19.8 Å². The Hall–Kier alpha value is -2.29. The van der Waals surface area contributed by atoms with Gasteiger partial charge in [0.05, 0.1) is 27.7 Å². The minimum absolute atomic E-state index is 0.0182. The zero-order valence-electron chi connectivity index (χ0n) is 34.9. The summed E-state index contributed by atoms with van der Waals surface area (Å²) in [7, 11) is 1.43. The van der Waals surface area contributed by atoms with E-state index in [-0.39, 0.29) is 26.1 Å². The average molecular weight is 781 g/mol. The van der Waals surface area contributed by atoms with Crippen molar-refractivity contribution in [1.82, 2.24) is 0 Å². The van der Waals surface area contributed by atoms with E-state index in [4.69, 9.17) is 18.5 Å². The second-order valence-electron chi connectivity index (χ2n) is 15.0. The summed E-state index contributed by atoms with van der Waals surface area (Å²) in [4.78, 5) is 35.2. The molecule has 0 rings (SSSR count). The number of hydrogen-bond donors (Lipinski definition) is 1. The van der Waals surface area contributed by atoms with E-state index in [9.17, 15) is 19.0 Å². The van der Waals surface area contributed by atoms with Gasteiger partial charge in [-0.25, -0.2) is 4.57 Å². The van der Waals surface area contributed by atoms with Crippen LogP contribution in [0.4, 0.5) is 0 Å². The molecule has 0 bridgehead atoms. The Morgan fingerprint density at radius 1 is 0.574 bits per heavy atom. The third-order valence-electron chi connectivity index (χ3n) is 8.52. The SMILES string of the molecule is CCCCC/C=C/C/C=C/C/C=C/C/C=C/CCCC(=O)OC[C@H](COP(=O)(O)OCC[N+](C)(C)C)OC(=O)CCCCC/C=C/CCCCCCCC. The van der Waals surface area contributed by atoms with Crippen molar-refractivity contribution in [2.75, 3.05) is 47.5 Å². The monoisotopic (exact) mass is 781 g/mol. The van der Waals surface area contributed by atoms with Gasteiger partial charge in [-0.3, -0.25) is 18.6 Å². The van der Waals surface area contributed by atoms with Gasteiger partial charge in [-0.15, -0.1) is 0 Å². The molecule has 0 aromatic rings. The number of esters is 2. The average Bonchev–Trinajstić information content (AvgIpc) is 3.12. The fraction of sp³-hybridized carbons (Fsp3) is 0.727. The van der Waals surface area contributed by atoms with E-state index in [0.29, 0.717) is 23.9 Å². The molecule has 0 spiro atoms. The van der Waals surface area contributed by atoms with Gasteiger partial charge in [0.25, 0.3) is 0 Å². The van der Waals surface area contributed by atoms with Crippen LogP contribution in [0, 0.1) is 0 Å². The van der Waals surface area contributed by atoms with E-state index in [1.54, 1.807) is 0 Å². The summed E-state index contributed by atoms with van der Waals surface area (Å²) in [6.07, 6.45) is 42.8. The molecule has 9 nitrogen and oxygen atoms in total. The molecule has 0 saturated carbocycles. The highest BCUT2D eigenvalue weighted by molar-refractivity contribution is 7.47. The van der Waals surface area contributed by atoms with E-state index in [1.165, 1.54) is 64.2 Å². The quantitative estimate of drug-likeness (QED) is 0.0218. The molecule has 312 valence electrons. The summed E-state index contributed by atoms with van der Waals surface area (Å²) < 4.78 is 34.1. The van der Waals surface area contributed by atoms with Gasteiger partial charge >= 0.3 is 19.8 Å². The Morgan fingerprint density at radius 3 is 1.59 bits per heavy atom. The number of carbonyl (C=O) groups is 2. The molecule has 0 amide bonds. The summed E-state index contributed by atoms with van der Waals surface area (Å²) in [5, 5.41) is 0. The summed E-state index contributed by atoms with van der Waals surface area (Å²) in [5.74, 6) is -0.889. The topological polar surface area (TPSA) is 108 Å². The van der Waals surface area contributed by atoms with Crippen LogP contribution in [0.5, 0.6) is 0 Å². The van der Waals surface area contributed by atoms with Crippen molar-refractivity contribution in [2.45, 2.75) is 161 Å². The van der Waals surface area contributed by atoms with Crippen LogP contribution >= 0.6 is 7.82 Å². The highest BCUT2D eigenvalue weighted by atomic mass is 31.2. The molecule has 0 radical (unpaired) electrons. The van der Waals surface area contributed by atoms with Crippen molar-refractivity contribution in [3.8, 4) is 0 Å². The number of likely N-dealkylation sites (N-methyl/N-ethyl adjacent to an activating group) is 1. The zero-order chi connectivity index (χ0) is 40.0. The van der Waals surface area contributed by atoms with Crippen molar-refractivity contribution in [3.63, 3.8) is 0 Å². The lowest BCUT2D eigenvalue weighted by molar-refractivity contribution is -0.870. The minimum Gasteiger partial charge on any atom is -0.462 e. The van der Waals surface area contributed by atoms with Gasteiger partial charge in [0, 0.05) is 12.8 Å². The first-order valence-electron chi connectivity index (χ1n) is 21.0. The van der Waals surface area contributed by atoms with Crippen LogP contribution in [0.25, 0.3) is 0 Å². The van der Waals surface area contributed by atoms with E-state index in [2.05, 4.69) is 74.6 Å². The lowest BCUT2D eigenvalue weighted by Crippen LogP contribution is -2.37. The molecule has 0 fully saturated rings. The number of phosphoric ester groups is 1. The van der Waals surface area contributed by atoms with Crippen LogP contribution in [-0.4, -0.2) is 74.9 Å². The molecule has 1 N–H and O–H groups in total. The maximum Gasteiger partial charge on any atom is 0.472 e. The van der Waals surface area contributed by atoms with Crippen LogP contribution in [0.1, 0.15) is 155 Å². The molecule has 2 atom stereocenters. The van der Waals surface area contributed by atoms with Gasteiger partial charge in [-0.05, 0) is 77.0 Å². The highest BCUT2D eigenvalue weighted by Gasteiger charge is 2.27. The lowest BCUT2D eigenvalue weighted by atomic mass is 10.1. The highest BCUT2D eigenvalue weighted by Crippen LogP contribution is 2.43. The van der Waals surface area contributed by atoms with Crippen molar-refractivity contribution in [1.29, 1.82) is 0 Å². The fourth-order valence-corrected chi connectivity index (χ4v) is 5.92. The zero-order valence-corrected chi connectivity index (χ0v) is 35.8. The van der Waals surface area contributed by atoms with E-state index >= 15 is 0 Å². The van der Waals surface area contributed by atoms with E-state index in [0.717, 1.165) is 51.4 Å². The van der Waals surface area contributed by atoms with Crippen molar-refractivity contribution < 1.29 is 42.1 Å². The number of quaternary nitrogens is 1. The molecule has 0 heterocycles. The van der Waals surface area contributed by atoms with Gasteiger partial charge < -0.3 is 18.9 Å². The first-order valence-corrected chi connectivity index (χ1v) is 22.5.